The van der Waals surface area contributed by atoms with E-state index < -0.39 is 17.6 Å². The highest BCUT2D eigenvalue weighted by Gasteiger charge is 2.50. The highest BCUT2D eigenvalue weighted by molar-refractivity contribution is 5.93. The maximum Gasteiger partial charge on any atom is 0.418 e. The predicted octanol–water partition coefficient (Wildman–Crippen LogP) is 3.91. The molecule has 8 heteroatoms. The number of benzene rings is 1. The fraction of sp³-hybridized carbons (Fsp3) is 0.652. The van der Waals surface area contributed by atoms with Gasteiger partial charge in [-0.05, 0) is 80.9 Å². The summed E-state index contributed by atoms with van der Waals surface area (Å²) >= 11 is 0. The van der Waals surface area contributed by atoms with E-state index in [1.807, 2.05) is 0 Å². The molecule has 4 saturated carbocycles. The highest BCUT2D eigenvalue weighted by atomic mass is 19.4. The van der Waals surface area contributed by atoms with Gasteiger partial charge in [-0.1, -0.05) is 12.1 Å². The van der Waals surface area contributed by atoms with Gasteiger partial charge >= 0.3 is 6.18 Å². The summed E-state index contributed by atoms with van der Waals surface area (Å²) in [4.78, 5) is 26.2. The molecule has 0 spiro atoms. The lowest BCUT2D eigenvalue weighted by molar-refractivity contribution is -0.137. The van der Waals surface area contributed by atoms with Gasteiger partial charge < -0.3 is 10.6 Å². The van der Waals surface area contributed by atoms with Gasteiger partial charge in [-0.2, -0.15) is 13.2 Å². The highest BCUT2D eigenvalue weighted by Crippen LogP contribution is 2.59. The molecule has 5 rings (SSSR count). The first kappa shape index (κ1) is 22.1. The third-order valence-corrected chi connectivity index (χ3v) is 7.16. The number of halogens is 3. The number of nitrogens with one attached hydrogen (secondary N) is 2. The monoisotopic (exact) mass is 437 g/mol. The number of hydrogen-bond donors (Lipinski definition) is 2. The Kier molecular flexibility index (Phi) is 6.03. The number of para-hydroxylation sites is 1. The standard InChI is InChI=1S/C23H30F3N3O2/c1-29(13-21(31)28-19-5-3-2-4-18(19)23(24,25)26)12-20(30)27-14-22-9-15-6-16(10-22)8-17(7-15)11-22/h2-5,15-17H,6-14H2,1H3,(H,27,30)(H,28,31). The average molecular weight is 438 g/mol. The molecular formula is C23H30F3N3O2. The fourth-order valence-corrected chi connectivity index (χ4v) is 6.42. The van der Waals surface area contributed by atoms with Crippen LogP contribution in [0.4, 0.5) is 18.9 Å². The third kappa shape index (κ3) is 5.22. The van der Waals surface area contributed by atoms with Gasteiger partial charge in [-0.3, -0.25) is 14.5 Å². The smallest absolute Gasteiger partial charge is 0.354 e. The van der Waals surface area contributed by atoms with Gasteiger partial charge in [0.15, 0.2) is 0 Å². The molecule has 2 N–H and O–H groups in total. The average Bonchev–Trinajstić information content (AvgIpc) is 2.65. The fourth-order valence-electron chi connectivity index (χ4n) is 6.42. The van der Waals surface area contributed by atoms with E-state index in [1.54, 1.807) is 7.05 Å². The zero-order valence-electron chi connectivity index (χ0n) is 17.8. The molecule has 0 radical (unpaired) electrons. The van der Waals surface area contributed by atoms with Crippen LogP contribution in [0.2, 0.25) is 0 Å². The maximum absolute atomic E-state index is 13.1. The number of carbonyl (C=O) groups excluding carboxylic acids is 2. The Bertz CT molecular complexity index is 804. The van der Waals surface area contributed by atoms with Gasteiger partial charge in [0.25, 0.3) is 0 Å². The van der Waals surface area contributed by atoms with Crippen LogP contribution in [0, 0.1) is 23.2 Å². The number of anilines is 1. The molecule has 4 bridgehead atoms. The lowest BCUT2D eigenvalue weighted by Gasteiger charge is -2.56. The van der Waals surface area contributed by atoms with Crippen LogP contribution in [-0.4, -0.2) is 43.4 Å². The second-order valence-electron chi connectivity index (χ2n) is 9.96. The number of carbonyl (C=O) groups is 2. The van der Waals surface area contributed by atoms with Crippen molar-refractivity contribution in [3.05, 3.63) is 29.8 Å². The molecule has 4 aliphatic rings. The van der Waals surface area contributed by atoms with Gasteiger partial charge in [-0.25, -0.2) is 0 Å². The molecule has 31 heavy (non-hydrogen) atoms. The Morgan fingerprint density at radius 1 is 1.00 bits per heavy atom. The third-order valence-electron chi connectivity index (χ3n) is 7.16. The zero-order valence-corrected chi connectivity index (χ0v) is 17.8. The molecule has 1 aromatic carbocycles. The molecule has 2 amide bonds. The van der Waals surface area contributed by atoms with Crippen molar-refractivity contribution >= 4 is 17.5 Å². The van der Waals surface area contributed by atoms with Crippen molar-refractivity contribution in [2.24, 2.45) is 23.2 Å². The van der Waals surface area contributed by atoms with E-state index in [0.29, 0.717) is 6.54 Å². The number of amides is 2. The largest absolute Gasteiger partial charge is 0.418 e. The van der Waals surface area contributed by atoms with Gasteiger partial charge in [-0.15, -0.1) is 0 Å². The van der Waals surface area contributed by atoms with Crippen molar-refractivity contribution in [2.45, 2.75) is 44.7 Å². The summed E-state index contributed by atoms with van der Waals surface area (Å²) in [6.07, 6.45) is 3.11. The van der Waals surface area contributed by atoms with Crippen LogP contribution in [0.3, 0.4) is 0 Å². The minimum atomic E-state index is -4.55. The van der Waals surface area contributed by atoms with Crippen molar-refractivity contribution in [1.29, 1.82) is 0 Å². The van der Waals surface area contributed by atoms with Crippen molar-refractivity contribution in [3.8, 4) is 0 Å². The molecule has 0 saturated heterocycles. The minimum absolute atomic E-state index is 0.0285. The number of rotatable bonds is 7. The molecule has 170 valence electrons. The molecule has 0 atom stereocenters. The van der Waals surface area contributed by atoms with Gasteiger partial charge in [0, 0.05) is 6.54 Å². The predicted molar refractivity (Wildman–Crippen MR) is 111 cm³/mol. The van der Waals surface area contributed by atoms with Crippen LogP contribution in [0.15, 0.2) is 24.3 Å². The van der Waals surface area contributed by atoms with Crippen molar-refractivity contribution in [3.63, 3.8) is 0 Å². The summed E-state index contributed by atoms with van der Waals surface area (Å²) < 4.78 is 39.2. The first-order valence-corrected chi connectivity index (χ1v) is 11.0. The maximum atomic E-state index is 13.1. The Morgan fingerprint density at radius 3 is 2.13 bits per heavy atom. The van der Waals surface area contributed by atoms with Crippen molar-refractivity contribution in [2.75, 3.05) is 32.0 Å². The molecule has 5 nitrogen and oxygen atoms in total. The number of nitrogens with zero attached hydrogens (tertiary/aromatic N) is 1. The van der Waals surface area contributed by atoms with E-state index in [4.69, 9.17) is 0 Å². The van der Waals surface area contributed by atoms with Gasteiger partial charge in [0.1, 0.15) is 0 Å². The zero-order chi connectivity index (χ0) is 22.2. The minimum Gasteiger partial charge on any atom is -0.354 e. The van der Waals surface area contributed by atoms with Crippen LogP contribution in [-0.2, 0) is 15.8 Å². The summed E-state index contributed by atoms with van der Waals surface area (Å²) in [5.41, 5.74) is -0.930. The van der Waals surface area contributed by atoms with Crippen molar-refractivity contribution < 1.29 is 22.8 Å². The number of hydrogen-bond acceptors (Lipinski definition) is 3. The molecule has 0 aromatic heterocycles. The summed E-state index contributed by atoms with van der Waals surface area (Å²) in [7, 11) is 1.61. The van der Waals surface area contributed by atoms with Crippen molar-refractivity contribution in [1.82, 2.24) is 10.2 Å². The Labute approximate surface area is 180 Å². The Balaban J connectivity index is 1.24. The van der Waals surface area contributed by atoms with Gasteiger partial charge in [0.05, 0.1) is 24.3 Å². The van der Waals surface area contributed by atoms with E-state index in [2.05, 4.69) is 10.6 Å². The first-order valence-electron chi connectivity index (χ1n) is 11.0. The number of likely N-dealkylation sites (N-methyl/N-ethyl adjacent to an activating group) is 1. The molecule has 0 aliphatic heterocycles. The van der Waals surface area contributed by atoms with Crippen LogP contribution >= 0.6 is 0 Å². The lowest BCUT2D eigenvalue weighted by Crippen LogP contribution is -2.52. The molecule has 1 aromatic rings. The first-order chi connectivity index (χ1) is 14.6. The molecule has 0 unspecified atom stereocenters. The van der Waals surface area contributed by atoms with E-state index in [0.717, 1.165) is 23.8 Å². The Hall–Kier alpha value is -2.09. The Morgan fingerprint density at radius 2 is 1.55 bits per heavy atom. The van der Waals surface area contributed by atoms with E-state index >= 15 is 0 Å². The quantitative estimate of drug-likeness (QED) is 0.680. The summed E-state index contributed by atoms with van der Waals surface area (Å²) in [5.74, 6) is 1.70. The van der Waals surface area contributed by atoms with E-state index in [9.17, 15) is 22.8 Å². The van der Waals surface area contributed by atoms with Crippen LogP contribution in [0.25, 0.3) is 0 Å². The summed E-state index contributed by atoms with van der Waals surface area (Å²) in [6.45, 7) is 0.548. The van der Waals surface area contributed by atoms with Crippen LogP contribution < -0.4 is 10.6 Å². The second kappa shape index (κ2) is 8.45. The normalized spacial score (nSPS) is 29.3. The topological polar surface area (TPSA) is 61.4 Å². The SMILES string of the molecule is CN(CC(=O)NCC12CC3CC(CC(C3)C1)C2)CC(=O)Nc1ccccc1C(F)(F)F. The summed E-state index contributed by atoms with van der Waals surface area (Å²) in [5, 5.41) is 5.37. The second-order valence-corrected chi connectivity index (χ2v) is 9.96. The number of alkyl halides is 3. The van der Waals surface area contributed by atoms with E-state index in [-0.39, 0.29) is 30.1 Å². The molecule has 4 fully saturated rings. The van der Waals surface area contributed by atoms with Gasteiger partial charge in [0.2, 0.25) is 11.8 Å². The molecule has 0 heterocycles. The molecule has 4 aliphatic carbocycles. The lowest BCUT2D eigenvalue weighted by atomic mass is 9.49. The summed E-state index contributed by atoms with van der Waals surface area (Å²) in [6, 6.07) is 4.86. The molecular weight excluding hydrogens is 407 g/mol. The van der Waals surface area contributed by atoms with E-state index in [1.165, 1.54) is 61.6 Å². The van der Waals surface area contributed by atoms with Crippen LogP contribution in [0.5, 0.6) is 0 Å². The van der Waals surface area contributed by atoms with Crippen LogP contribution in [0.1, 0.15) is 44.1 Å².